The predicted octanol–water partition coefficient (Wildman–Crippen LogP) is -0.462. The van der Waals surface area contributed by atoms with Gasteiger partial charge in [-0.15, -0.1) is 0 Å². The van der Waals surface area contributed by atoms with Crippen molar-refractivity contribution in [3.63, 3.8) is 0 Å². The normalized spacial score (nSPS) is 8.93. The van der Waals surface area contributed by atoms with Crippen LogP contribution in [0.15, 0.2) is 18.5 Å². The van der Waals surface area contributed by atoms with Crippen molar-refractivity contribution in [1.29, 1.82) is 0 Å². The molecule has 72 valence electrons. The lowest BCUT2D eigenvalue weighted by Gasteiger charge is -1.96. The van der Waals surface area contributed by atoms with Crippen molar-refractivity contribution in [3.05, 3.63) is 39.3 Å². The Morgan fingerprint density at radius 3 is 2.93 bits per heavy atom. The van der Waals surface area contributed by atoms with E-state index in [1.54, 1.807) is 0 Å². The maximum absolute atomic E-state index is 10.8. The first-order valence-corrected chi connectivity index (χ1v) is 3.71. The second-order valence-electron chi connectivity index (χ2n) is 2.37. The minimum Gasteiger partial charge on any atom is -0.619 e. The molecule has 0 aliphatic carbocycles. The number of nitro groups is 1. The molecule has 1 heterocycles. The summed E-state index contributed by atoms with van der Waals surface area (Å²) in [4.78, 5) is 9.89. The van der Waals surface area contributed by atoms with E-state index in [1.807, 2.05) is 0 Å². The summed E-state index contributed by atoms with van der Waals surface area (Å²) in [5.41, 5.74) is 4.98. The second kappa shape index (κ2) is 4.20. The van der Waals surface area contributed by atoms with Crippen LogP contribution in [-0.2, 0) is 0 Å². The molecule has 0 fully saturated rings. The zero-order chi connectivity index (χ0) is 10.6. The summed E-state index contributed by atoms with van der Waals surface area (Å²) in [6.45, 7) is 0.0882. The summed E-state index contributed by atoms with van der Waals surface area (Å²) in [6, 6.07) is 1.10. The summed E-state index contributed by atoms with van der Waals surface area (Å²) < 4.78 is 0.452. The van der Waals surface area contributed by atoms with E-state index in [0.717, 1.165) is 18.5 Å². The van der Waals surface area contributed by atoms with Crippen molar-refractivity contribution in [1.82, 2.24) is 0 Å². The van der Waals surface area contributed by atoms with Gasteiger partial charge in [0.15, 0.2) is 11.8 Å². The maximum atomic E-state index is 10.8. The molecule has 0 unspecified atom stereocenters. The third-order valence-electron chi connectivity index (χ3n) is 1.43. The quantitative estimate of drug-likeness (QED) is 0.214. The fourth-order valence-corrected chi connectivity index (χ4v) is 0.872. The Kier molecular flexibility index (Phi) is 2.99. The molecule has 0 saturated heterocycles. The molecule has 0 amide bonds. The Labute approximate surface area is 79.7 Å². The smallest absolute Gasteiger partial charge is 0.297 e. The van der Waals surface area contributed by atoms with Crippen molar-refractivity contribution >= 4 is 5.69 Å². The monoisotopic (exact) mass is 193 g/mol. The van der Waals surface area contributed by atoms with Crippen LogP contribution in [0.2, 0.25) is 0 Å². The van der Waals surface area contributed by atoms with Crippen LogP contribution in [0.3, 0.4) is 0 Å². The van der Waals surface area contributed by atoms with Gasteiger partial charge in [0.2, 0.25) is 6.20 Å². The Morgan fingerprint density at radius 1 is 1.64 bits per heavy atom. The van der Waals surface area contributed by atoms with Gasteiger partial charge >= 0.3 is 0 Å². The molecular formula is C8H7N3O3. The first kappa shape index (κ1) is 9.95. The highest BCUT2D eigenvalue weighted by Crippen LogP contribution is 2.13. The number of aromatic nitrogens is 1. The lowest BCUT2D eigenvalue weighted by Crippen LogP contribution is -2.25. The number of pyridine rings is 1. The Bertz CT molecular complexity index is 420. The van der Waals surface area contributed by atoms with E-state index in [1.165, 1.54) is 0 Å². The zero-order valence-electron chi connectivity index (χ0n) is 7.14. The van der Waals surface area contributed by atoms with Gasteiger partial charge in [0, 0.05) is 0 Å². The topological polar surface area (TPSA) is 96.1 Å². The Morgan fingerprint density at radius 2 is 2.36 bits per heavy atom. The lowest BCUT2D eigenvalue weighted by molar-refractivity contribution is -0.606. The molecule has 6 heteroatoms. The zero-order valence-corrected chi connectivity index (χ0v) is 7.14. The van der Waals surface area contributed by atoms with Crippen LogP contribution in [-0.4, -0.2) is 11.5 Å². The lowest BCUT2D eigenvalue weighted by atomic mass is 10.2. The molecule has 1 rings (SSSR count). The van der Waals surface area contributed by atoms with Gasteiger partial charge in [-0.2, -0.15) is 4.73 Å². The van der Waals surface area contributed by atoms with E-state index in [-0.39, 0.29) is 17.8 Å². The van der Waals surface area contributed by atoms with Gasteiger partial charge in [0.25, 0.3) is 5.69 Å². The fourth-order valence-electron chi connectivity index (χ4n) is 0.872. The summed E-state index contributed by atoms with van der Waals surface area (Å²) >= 11 is 0. The molecule has 0 spiro atoms. The summed E-state index contributed by atoms with van der Waals surface area (Å²) in [7, 11) is 0. The molecule has 2 N–H and O–H groups in total. The highest BCUT2D eigenvalue weighted by atomic mass is 16.6. The van der Waals surface area contributed by atoms with Gasteiger partial charge in [0.1, 0.15) is 0 Å². The predicted molar refractivity (Wildman–Crippen MR) is 48.0 cm³/mol. The average Bonchev–Trinajstić information content (AvgIpc) is 2.14. The van der Waals surface area contributed by atoms with E-state index in [2.05, 4.69) is 11.8 Å². The van der Waals surface area contributed by atoms with Gasteiger partial charge in [-0.1, -0.05) is 11.8 Å². The van der Waals surface area contributed by atoms with Gasteiger partial charge in [-0.3, -0.25) is 10.1 Å². The first-order chi connectivity index (χ1) is 6.65. The summed E-state index contributed by atoms with van der Waals surface area (Å²) in [6.07, 6.45) is 2.09. The van der Waals surface area contributed by atoms with Crippen LogP contribution in [0.5, 0.6) is 0 Å². The SMILES string of the molecule is NCC#Cc1c[n+]([O-])ccc1[N+](=O)[O-]. The number of hydrogen-bond donors (Lipinski definition) is 1. The van der Waals surface area contributed by atoms with Crippen molar-refractivity contribution in [2.75, 3.05) is 6.54 Å². The van der Waals surface area contributed by atoms with Crippen LogP contribution in [0.4, 0.5) is 5.69 Å². The van der Waals surface area contributed by atoms with Crippen LogP contribution in [0, 0.1) is 27.2 Å². The van der Waals surface area contributed by atoms with Gasteiger partial charge in [0.05, 0.1) is 17.5 Å². The molecular weight excluding hydrogens is 186 g/mol. The molecule has 0 atom stereocenters. The van der Waals surface area contributed by atoms with E-state index in [9.17, 15) is 15.3 Å². The van der Waals surface area contributed by atoms with Gasteiger partial charge in [-0.25, -0.2) is 0 Å². The Hall–Kier alpha value is -2.13. The highest BCUT2D eigenvalue weighted by Gasteiger charge is 2.14. The van der Waals surface area contributed by atoms with Gasteiger partial charge in [-0.05, 0) is 0 Å². The van der Waals surface area contributed by atoms with E-state index in [4.69, 9.17) is 5.73 Å². The van der Waals surface area contributed by atoms with Crippen molar-refractivity contribution < 1.29 is 9.65 Å². The van der Waals surface area contributed by atoms with E-state index >= 15 is 0 Å². The van der Waals surface area contributed by atoms with Crippen LogP contribution >= 0.6 is 0 Å². The first-order valence-electron chi connectivity index (χ1n) is 3.71. The fraction of sp³-hybridized carbons (Fsp3) is 0.125. The van der Waals surface area contributed by atoms with Crippen molar-refractivity contribution in [2.24, 2.45) is 5.73 Å². The Balaban J connectivity index is 3.22. The molecule has 0 aliphatic rings. The third kappa shape index (κ3) is 2.18. The molecule has 14 heavy (non-hydrogen) atoms. The number of nitrogens with two attached hydrogens (primary N) is 1. The summed E-state index contributed by atoms with van der Waals surface area (Å²) in [5, 5.41) is 21.3. The third-order valence-corrected chi connectivity index (χ3v) is 1.43. The molecule has 1 aromatic heterocycles. The van der Waals surface area contributed by atoms with Crippen molar-refractivity contribution in [2.45, 2.75) is 0 Å². The highest BCUT2D eigenvalue weighted by molar-refractivity contribution is 5.47. The minimum atomic E-state index is -0.597. The number of hydrogen-bond acceptors (Lipinski definition) is 4. The van der Waals surface area contributed by atoms with E-state index in [0.29, 0.717) is 4.73 Å². The summed E-state index contributed by atoms with van der Waals surface area (Å²) in [5.74, 6) is 4.91. The van der Waals surface area contributed by atoms with Gasteiger partial charge < -0.3 is 10.9 Å². The molecule has 6 nitrogen and oxygen atoms in total. The van der Waals surface area contributed by atoms with Crippen LogP contribution in [0.25, 0.3) is 0 Å². The van der Waals surface area contributed by atoms with Crippen LogP contribution < -0.4 is 10.5 Å². The molecule has 0 aromatic carbocycles. The second-order valence-corrected chi connectivity index (χ2v) is 2.37. The number of nitrogens with zero attached hydrogens (tertiary/aromatic N) is 2. The standard InChI is InChI=1S/C8H7N3O3/c9-4-1-2-7-6-10(12)5-3-8(7)11(13)14/h3,5-6H,4,9H2. The average molecular weight is 193 g/mol. The minimum absolute atomic E-state index is 0.0675. The van der Waals surface area contributed by atoms with E-state index < -0.39 is 4.92 Å². The number of rotatable bonds is 1. The van der Waals surface area contributed by atoms with Crippen LogP contribution in [0.1, 0.15) is 5.56 Å². The largest absolute Gasteiger partial charge is 0.619 e. The van der Waals surface area contributed by atoms with Crippen molar-refractivity contribution in [3.8, 4) is 11.8 Å². The molecule has 0 radical (unpaired) electrons. The molecule has 1 aromatic rings. The molecule has 0 bridgehead atoms. The molecule has 0 aliphatic heterocycles. The molecule has 0 saturated carbocycles. The maximum Gasteiger partial charge on any atom is 0.297 e.